The molecule has 1 aromatic carbocycles. The molecule has 1 saturated carbocycles. The van der Waals surface area contributed by atoms with E-state index in [0.717, 1.165) is 12.8 Å². The van der Waals surface area contributed by atoms with Crippen molar-refractivity contribution in [3.8, 4) is 5.75 Å². The molecule has 0 amide bonds. The number of aliphatic hydroxyl groups is 1. The topological polar surface area (TPSA) is 40.5 Å². The Balaban J connectivity index is 2.49. The highest BCUT2D eigenvalue weighted by molar-refractivity contribution is 6.31. The van der Waals surface area contributed by atoms with E-state index in [1.54, 1.807) is 18.2 Å². The second kappa shape index (κ2) is 3.44. The van der Waals surface area contributed by atoms with Gasteiger partial charge in [0.25, 0.3) is 0 Å². The number of benzene rings is 1. The van der Waals surface area contributed by atoms with Crippen LogP contribution in [-0.2, 0) is 5.60 Å². The lowest BCUT2D eigenvalue weighted by atomic mass is 9.91. The first-order valence-electron chi connectivity index (χ1n) is 4.84. The highest BCUT2D eigenvalue weighted by Crippen LogP contribution is 2.45. The Morgan fingerprint density at radius 1 is 1.21 bits per heavy atom. The van der Waals surface area contributed by atoms with Crippen molar-refractivity contribution >= 4 is 11.6 Å². The van der Waals surface area contributed by atoms with Crippen LogP contribution in [0.2, 0.25) is 5.02 Å². The summed E-state index contributed by atoms with van der Waals surface area (Å²) in [4.78, 5) is 0. The lowest BCUT2D eigenvalue weighted by Crippen LogP contribution is -2.21. The summed E-state index contributed by atoms with van der Waals surface area (Å²) in [7, 11) is 0. The molecule has 2 nitrogen and oxygen atoms in total. The minimum atomic E-state index is -0.914. The van der Waals surface area contributed by atoms with E-state index in [-0.39, 0.29) is 5.75 Å². The number of hydrogen-bond donors (Lipinski definition) is 2. The first-order valence-corrected chi connectivity index (χ1v) is 5.22. The number of halogens is 1. The first-order chi connectivity index (χ1) is 6.63. The molecule has 3 heteroatoms. The maximum atomic E-state index is 10.3. The molecule has 2 rings (SSSR count). The van der Waals surface area contributed by atoms with Crippen LogP contribution >= 0.6 is 11.6 Å². The molecule has 0 atom stereocenters. The Morgan fingerprint density at radius 2 is 1.86 bits per heavy atom. The van der Waals surface area contributed by atoms with E-state index in [9.17, 15) is 10.2 Å². The van der Waals surface area contributed by atoms with Crippen LogP contribution in [-0.4, -0.2) is 10.2 Å². The van der Waals surface area contributed by atoms with Gasteiger partial charge >= 0.3 is 0 Å². The smallest absolute Gasteiger partial charge is 0.123 e. The first kappa shape index (κ1) is 9.81. The number of hydrogen-bond acceptors (Lipinski definition) is 2. The van der Waals surface area contributed by atoms with Gasteiger partial charge in [0, 0.05) is 5.56 Å². The average Bonchev–Trinajstić information content (AvgIpc) is 2.52. The van der Waals surface area contributed by atoms with E-state index in [4.69, 9.17) is 11.6 Å². The highest BCUT2D eigenvalue weighted by atomic mass is 35.5. The second-order valence-corrected chi connectivity index (χ2v) is 4.28. The second-order valence-electron chi connectivity index (χ2n) is 3.87. The summed E-state index contributed by atoms with van der Waals surface area (Å²) in [6, 6.07) is 4.95. The normalized spacial score (nSPS) is 19.9. The third-order valence-electron chi connectivity index (χ3n) is 2.89. The van der Waals surface area contributed by atoms with Crippen LogP contribution in [0.1, 0.15) is 31.2 Å². The lowest BCUT2D eigenvalue weighted by molar-refractivity contribution is 0.0422. The van der Waals surface area contributed by atoms with Crippen molar-refractivity contribution in [2.45, 2.75) is 31.3 Å². The van der Waals surface area contributed by atoms with Crippen LogP contribution < -0.4 is 0 Å². The molecule has 1 aliphatic rings. The van der Waals surface area contributed by atoms with Gasteiger partial charge in [0.2, 0.25) is 0 Å². The minimum Gasteiger partial charge on any atom is -0.508 e. The number of phenolic OH excluding ortho intramolecular Hbond substituents is 1. The van der Waals surface area contributed by atoms with Crippen LogP contribution in [0.5, 0.6) is 5.75 Å². The number of aromatic hydroxyl groups is 1. The lowest BCUT2D eigenvalue weighted by Gasteiger charge is -2.24. The monoisotopic (exact) mass is 212 g/mol. The van der Waals surface area contributed by atoms with Gasteiger partial charge in [-0.2, -0.15) is 0 Å². The van der Waals surface area contributed by atoms with Crippen LogP contribution in [0.4, 0.5) is 0 Å². The average molecular weight is 213 g/mol. The van der Waals surface area contributed by atoms with Crippen LogP contribution in [0.3, 0.4) is 0 Å². The number of phenols is 1. The van der Waals surface area contributed by atoms with Crippen molar-refractivity contribution in [3.05, 3.63) is 28.8 Å². The van der Waals surface area contributed by atoms with Crippen molar-refractivity contribution in [1.82, 2.24) is 0 Å². The zero-order valence-electron chi connectivity index (χ0n) is 7.83. The van der Waals surface area contributed by atoms with E-state index >= 15 is 0 Å². The van der Waals surface area contributed by atoms with Gasteiger partial charge in [0.05, 0.1) is 10.6 Å². The van der Waals surface area contributed by atoms with E-state index in [0.29, 0.717) is 23.4 Å². The third kappa shape index (κ3) is 1.49. The van der Waals surface area contributed by atoms with Gasteiger partial charge in [0.15, 0.2) is 0 Å². The summed E-state index contributed by atoms with van der Waals surface area (Å²) in [5.74, 6) is 0.0990. The Morgan fingerprint density at radius 3 is 2.43 bits per heavy atom. The van der Waals surface area contributed by atoms with Gasteiger partial charge in [-0.3, -0.25) is 0 Å². The van der Waals surface area contributed by atoms with E-state index in [1.807, 2.05) is 0 Å². The molecule has 2 N–H and O–H groups in total. The fraction of sp³-hybridized carbons (Fsp3) is 0.455. The largest absolute Gasteiger partial charge is 0.508 e. The molecule has 0 saturated heterocycles. The molecule has 0 unspecified atom stereocenters. The summed E-state index contributed by atoms with van der Waals surface area (Å²) in [5, 5.41) is 20.4. The van der Waals surface area contributed by atoms with Crippen molar-refractivity contribution in [3.63, 3.8) is 0 Å². The summed E-state index contributed by atoms with van der Waals surface area (Å²) >= 11 is 5.98. The predicted molar refractivity (Wildman–Crippen MR) is 55.5 cm³/mol. The summed E-state index contributed by atoms with van der Waals surface area (Å²) < 4.78 is 0. The molecule has 0 spiro atoms. The maximum absolute atomic E-state index is 10.3. The molecule has 0 bridgehead atoms. The Hall–Kier alpha value is -0.730. The molecule has 1 aromatic rings. The Kier molecular flexibility index (Phi) is 2.41. The Bertz CT molecular complexity index is 323. The molecule has 1 fully saturated rings. The standard InChI is InChI=1S/C11H13ClO2/c12-8-4-3-5-9(13)10(8)11(14)6-1-2-7-11/h3-5,13-14H,1-2,6-7H2. The molecule has 14 heavy (non-hydrogen) atoms. The van der Waals surface area contributed by atoms with Gasteiger partial charge in [0.1, 0.15) is 5.75 Å². The van der Waals surface area contributed by atoms with Crippen molar-refractivity contribution in [2.24, 2.45) is 0 Å². The highest BCUT2D eigenvalue weighted by Gasteiger charge is 2.36. The summed E-state index contributed by atoms with van der Waals surface area (Å²) in [5.41, 5.74) is -0.415. The van der Waals surface area contributed by atoms with Crippen LogP contribution in [0.25, 0.3) is 0 Å². The minimum absolute atomic E-state index is 0.0990. The number of rotatable bonds is 1. The van der Waals surface area contributed by atoms with Gasteiger partial charge in [-0.15, -0.1) is 0 Å². The quantitative estimate of drug-likeness (QED) is 0.752. The summed E-state index contributed by atoms with van der Waals surface area (Å²) in [6.45, 7) is 0. The van der Waals surface area contributed by atoms with Gasteiger partial charge in [-0.05, 0) is 25.0 Å². The third-order valence-corrected chi connectivity index (χ3v) is 3.20. The SMILES string of the molecule is Oc1cccc(Cl)c1C1(O)CCCC1. The zero-order chi connectivity index (χ0) is 10.2. The summed E-state index contributed by atoms with van der Waals surface area (Å²) in [6.07, 6.45) is 3.34. The van der Waals surface area contributed by atoms with E-state index < -0.39 is 5.60 Å². The molecular formula is C11H13ClO2. The van der Waals surface area contributed by atoms with Gasteiger partial charge in [-0.25, -0.2) is 0 Å². The zero-order valence-corrected chi connectivity index (χ0v) is 8.59. The molecular weight excluding hydrogens is 200 g/mol. The van der Waals surface area contributed by atoms with Crippen LogP contribution in [0.15, 0.2) is 18.2 Å². The molecule has 0 aromatic heterocycles. The fourth-order valence-corrected chi connectivity index (χ4v) is 2.53. The molecule has 0 aliphatic heterocycles. The van der Waals surface area contributed by atoms with Crippen molar-refractivity contribution in [1.29, 1.82) is 0 Å². The molecule has 76 valence electrons. The van der Waals surface area contributed by atoms with Crippen molar-refractivity contribution in [2.75, 3.05) is 0 Å². The van der Waals surface area contributed by atoms with Crippen LogP contribution in [0, 0.1) is 0 Å². The van der Waals surface area contributed by atoms with Crippen molar-refractivity contribution < 1.29 is 10.2 Å². The van der Waals surface area contributed by atoms with E-state index in [2.05, 4.69) is 0 Å². The Labute approximate surface area is 88.1 Å². The molecule has 0 heterocycles. The molecule has 0 radical (unpaired) electrons. The van der Waals surface area contributed by atoms with Gasteiger partial charge in [-0.1, -0.05) is 30.5 Å². The maximum Gasteiger partial charge on any atom is 0.123 e. The predicted octanol–water partition coefficient (Wildman–Crippen LogP) is 2.81. The molecule has 1 aliphatic carbocycles. The van der Waals surface area contributed by atoms with E-state index in [1.165, 1.54) is 0 Å². The fourth-order valence-electron chi connectivity index (χ4n) is 2.18. The van der Waals surface area contributed by atoms with Gasteiger partial charge < -0.3 is 10.2 Å².